The summed E-state index contributed by atoms with van der Waals surface area (Å²) >= 11 is 0. The summed E-state index contributed by atoms with van der Waals surface area (Å²) < 4.78 is 0. The first-order valence-corrected chi connectivity index (χ1v) is 6.55. The molecule has 1 heterocycles. The summed E-state index contributed by atoms with van der Waals surface area (Å²) in [6.07, 6.45) is 0. The van der Waals surface area contributed by atoms with Crippen LogP contribution in [-0.2, 0) is 4.79 Å². The Hall–Kier alpha value is -1.35. The predicted octanol–water partition coefficient (Wildman–Crippen LogP) is 2.25. The fourth-order valence-corrected chi connectivity index (χ4v) is 2.40. The van der Waals surface area contributed by atoms with Gasteiger partial charge in [0, 0.05) is 20.1 Å². The van der Waals surface area contributed by atoms with E-state index in [0.717, 1.165) is 18.7 Å². The molecule has 0 aromatic heterocycles. The first kappa shape index (κ1) is 13.1. The van der Waals surface area contributed by atoms with Crippen molar-refractivity contribution in [3.8, 4) is 0 Å². The molecule has 1 aromatic rings. The molecule has 3 heteroatoms. The van der Waals surface area contributed by atoms with Gasteiger partial charge in [0.2, 0.25) is 5.91 Å². The molecular weight excluding hydrogens is 224 g/mol. The number of nitrogens with zero attached hydrogens (tertiary/aromatic N) is 2. The molecule has 1 amide bonds. The number of piperazine rings is 1. The Kier molecular flexibility index (Phi) is 3.71. The van der Waals surface area contributed by atoms with Gasteiger partial charge >= 0.3 is 0 Å². The number of hydrogen-bond donors (Lipinski definition) is 0. The van der Waals surface area contributed by atoms with Gasteiger partial charge in [0.15, 0.2) is 0 Å². The zero-order chi connectivity index (χ0) is 13.3. The molecule has 0 spiro atoms. The average molecular weight is 246 g/mol. The summed E-state index contributed by atoms with van der Waals surface area (Å²) in [6.45, 7) is 6.11. The molecule has 0 radical (unpaired) electrons. The molecule has 2 rings (SSSR count). The van der Waals surface area contributed by atoms with Crippen LogP contribution >= 0.6 is 0 Å². The van der Waals surface area contributed by atoms with Gasteiger partial charge in [-0.25, -0.2) is 0 Å². The summed E-state index contributed by atoms with van der Waals surface area (Å²) in [4.78, 5) is 16.2. The van der Waals surface area contributed by atoms with Gasteiger partial charge in [0.05, 0.1) is 0 Å². The lowest BCUT2D eigenvalue weighted by atomic mass is 9.97. The fourth-order valence-electron chi connectivity index (χ4n) is 2.40. The normalized spacial score (nSPS) is 21.7. The summed E-state index contributed by atoms with van der Waals surface area (Å²) in [5.74, 6) is 0.725. The van der Waals surface area contributed by atoms with Crippen molar-refractivity contribution in [1.29, 1.82) is 0 Å². The predicted molar refractivity (Wildman–Crippen MR) is 73.5 cm³/mol. The Morgan fingerprint density at radius 3 is 2.28 bits per heavy atom. The van der Waals surface area contributed by atoms with Crippen molar-refractivity contribution in [2.45, 2.75) is 25.8 Å². The average Bonchev–Trinajstić information content (AvgIpc) is 2.35. The van der Waals surface area contributed by atoms with E-state index in [4.69, 9.17) is 0 Å². The monoisotopic (exact) mass is 246 g/mol. The number of carbonyl (C=O) groups is 1. The van der Waals surface area contributed by atoms with Crippen molar-refractivity contribution in [3.05, 3.63) is 35.4 Å². The third-order valence-electron chi connectivity index (χ3n) is 3.76. The van der Waals surface area contributed by atoms with E-state index in [1.54, 1.807) is 0 Å². The van der Waals surface area contributed by atoms with E-state index in [1.165, 1.54) is 5.56 Å². The van der Waals surface area contributed by atoms with Crippen molar-refractivity contribution in [2.24, 2.45) is 0 Å². The number of likely N-dealkylation sites (N-methyl/N-ethyl adjacent to an activating group) is 2. The van der Waals surface area contributed by atoms with E-state index in [2.05, 4.69) is 43.0 Å². The minimum absolute atomic E-state index is 0.120. The minimum Gasteiger partial charge on any atom is -0.343 e. The van der Waals surface area contributed by atoms with Gasteiger partial charge in [-0.05, 0) is 24.1 Å². The van der Waals surface area contributed by atoms with Gasteiger partial charge in [-0.2, -0.15) is 0 Å². The van der Waals surface area contributed by atoms with Crippen LogP contribution in [0.25, 0.3) is 0 Å². The quantitative estimate of drug-likeness (QED) is 0.799. The molecule has 1 fully saturated rings. The van der Waals surface area contributed by atoms with E-state index < -0.39 is 0 Å². The molecule has 0 bridgehead atoms. The zero-order valence-electron chi connectivity index (χ0n) is 11.7. The summed E-state index contributed by atoms with van der Waals surface area (Å²) in [5.41, 5.74) is 2.41. The van der Waals surface area contributed by atoms with Gasteiger partial charge in [-0.15, -0.1) is 0 Å². The molecular formula is C15H22N2O. The SMILES string of the molecule is CC(C)c1ccc(C2C(=O)N(C)CCN2C)cc1. The number of rotatable bonds is 2. The first-order chi connectivity index (χ1) is 8.50. The lowest BCUT2D eigenvalue weighted by molar-refractivity contribution is -0.139. The van der Waals surface area contributed by atoms with Gasteiger partial charge in [-0.3, -0.25) is 9.69 Å². The largest absolute Gasteiger partial charge is 0.343 e. The van der Waals surface area contributed by atoms with Crippen LogP contribution in [-0.4, -0.2) is 42.9 Å². The molecule has 0 N–H and O–H groups in total. The molecule has 1 aliphatic rings. The molecule has 1 unspecified atom stereocenters. The van der Waals surface area contributed by atoms with Crippen LogP contribution in [0.5, 0.6) is 0 Å². The van der Waals surface area contributed by atoms with Crippen molar-refractivity contribution in [2.75, 3.05) is 27.2 Å². The third-order valence-corrected chi connectivity index (χ3v) is 3.76. The summed E-state index contributed by atoms with van der Waals surface area (Å²) in [7, 11) is 3.90. The van der Waals surface area contributed by atoms with Gasteiger partial charge in [0.1, 0.15) is 6.04 Å². The van der Waals surface area contributed by atoms with Crippen molar-refractivity contribution in [3.63, 3.8) is 0 Å². The fraction of sp³-hybridized carbons (Fsp3) is 0.533. The molecule has 18 heavy (non-hydrogen) atoms. The van der Waals surface area contributed by atoms with E-state index in [1.807, 2.05) is 19.0 Å². The summed E-state index contributed by atoms with van der Waals surface area (Å²) in [6, 6.07) is 8.33. The molecule has 1 atom stereocenters. The summed E-state index contributed by atoms with van der Waals surface area (Å²) in [5, 5.41) is 0. The van der Waals surface area contributed by atoms with Crippen LogP contribution in [0.4, 0.5) is 0 Å². The Morgan fingerprint density at radius 2 is 1.72 bits per heavy atom. The zero-order valence-corrected chi connectivity index (χ0v) is 11.7. The highest BCUT2D eigenvalue weighted by Gasteiger charge is 2.31. The maximum Gasteiger partial charge on any atom is 0.244 e. The lowest BCUT2D eigenvalue weighted by Crippen LogP contribution is -2.48. The van der Waals surface area contributed by atoms with Crippen LogP contribution in [0, 0.1) is 0 Å². The molecule has 1 aromatic carbocycles. The van der Waals surface area contributed by atoms with E-state index in [9.17, 15) is 4.79 Å². The van der Waals surface area contributed by atoms with Crippen LogP contribution in [0.2, 0.25) is 0 Å². The van der Waals surface area contributed by atoms with Crippen LogP contribution in [0.3, 0.4) is 0 Å². The van der Waals surface area contributed by atoms with Crippen LogP contribution < -0.4 is 0 Å². The van der Waals surface area contributed by atoms with E-state index in [0.29, 0.717) is 5.92 Å². The third kappa shape index (κ3) is 2.41. The van der Waals surface area contributed by atoms with Crippen LogP contribution in [0.1, 0.15) is 36.9 Å². The second kappa shape index (κ2) is 5.11. The Morgan fingerprint density at radius 1 is 1.11 bits per heavy atom. The minimum atomic E-state index is -0.120. The van der Waals surface area contributed by atoms with Crippen molar-refractivity contribution in [1.82, 2.24) is 9.80 Å². The molecule has 0 aliphatic carbocycles. The molecule has 3 nitrogen and oxygen atoms in total. The Balaban J connectivity index is 2.26. The van der Waals surface area contributed by atoms with Crippen molar-refractivity contribution < 1.29 is 4.79 Å². The standard InChI is InChI=1S/C15H22N2O/c1-11(2)12-5-7-13(8-6-12)14-15(18)17(4)10-9-16(14)3/h5-8,11,14H,9-10H2,1-4H3. The van der Waals surface area contributed by atoms with Crippen molar-refractivity contribution >= 4 is 5.91 Å². The number of benzene rings is 1. The highest BCUT2D eigenvalue weighted by molar-refractivity contribution is 5.83. The maximum atomic E-state index is 12.2. The smallest absolute Gasteiger partial charge is 0.244 e. The highest BCUT2D eigenvalue weighted by Crippen LogP contribution is 2.26. The van der Waals surface area contributed by atoms with Crippen LogP contribution in [0.15, 0.2) is 24.3 Å². The van der Waals surface area contributed by atoms with E-state index in [-0.39, 0.29) is 11.9 Å². The Labute approximate surface area is 109 Å². The topological polar surface area (TPSA) is 23.6 Å². The molecule has 98 valence electrons. The first-order valence-electron chi connectivity index (χ1n) is 6.55. The molecule has 1 saturated heterocycles. The second-order valence-electron chi connectivity index (χ2n) is 5.46. The van der Waals surface area contributed by atoms with Gasteiger partial charge in [0.25, 0.3) is 0 Å². The lowest BCUT2D eigenvalue weighted by Gasteiger charge is -2.37. The highest BCUT2D eigenvalue weighted by atomic mass is 16.2. The Bertz CT molecular complexity index is 425. The number of carbonyl (C=O) groups excluding carboxylic acids is 1. The second-order valence-corrected chi connectivity index (χ2v) is 5.46. The van der Waals surface area contributed by atoms with E-state index >= 15 is 0 Å². The number of hydrogen-bond acceptors (Lipinski definition) is 2. The number of amides is 1. The molecule has 0 saturated carbocycles. The van der Waals surface area contributed by atoms with Gasteiger partial charge < -0.3 is 4.90 Å². The maximum absolute atomic E-state index is 12.2. The van der Waals surface area contributed by atoms with Gasteiger partial charge in [-0.1, -0.05) is 38.1 Å². The molecule has 1 aliphatic heterocycles.